The Morgan fingerprint density at radius 1 is 1.11 bits per heavy atom. The van der Waals surface area contributed by atoms with Crippen LogP contribution in [-0.4, -0.2) is 62.7 Å². The van der Waals surface area contributed by atoms with Gasteiger partial charge in [-0.25, -0.2) is 0 Å². The number of hydrogen-bond acceptors (Lipinski definition) is 5. The highest BCUT2D eigenvalue weighted by Crippen LogP contribution is 2.21. The van der Waals surface area contributed by atoms with Crippen molar-refractivity contribution in [3.8, 4) is 5.75 Å². The second-order valence-electron chi connectivity index (χ2n) is 7.32. The van der Waals surface area contributed by atoms with Gasteiger partial charge >= 0.3 is 0 Å². The smallest absolute Gasteiger partial charge is 0.274 e. The number of para-hydroxylation sites is 1. The van der Waals surface area contributed by atoms with Crippen LogP contribution in [0.25, 0.3) is 0 Å². The summed E-state index contributed by atoms with van der Waals surface area (Å²) in [4.78, 5) is 14.5. The van der Waals surface area contributed by atoms with Crippen LogP contribution in [0.15, 0.2) is 36.5 Å². The molecule has 2 N–H and O–H groups in total. The minimum Gasteiger partial charge on any atom is -0.491 e. The molecule has 2 aromatic rings. The Kier molecular flexibility index (Phi) is 7.06. The summed E-state index contributed by atoms with van der Waals surface area (Å²) >= 11 is 0. The highest BCUT2D eigenvalue weighted by Gasteiger charge is 2.23. The van der Waals surface area contributed by atoms with Crippen LogP contribution in [0.3, 0.4) is 0 Å². The molecule has 152 valence electrons. The van der Waals surface area contributed by atoms with Crippen molar-refractivity contribution >= 4 is 5.91 Å². The third-order valence-electron chi connectivity index (χ3n) is 5.12. The van der Waals surface area contributed by atoms with Crippen LogP contribution in [0.1, 0.15) is 41.7 Å². The normalized spacial score (nSPS) is 22.0. The zero-order valence-electron chi connectivity index (χ0n) is 16.3. The maximum Gasteiger partial charge on any atom is 0.274 e. The van der Waals surface area contributed by atoms with E-state index in [1.807, 2.05) is 24.3 Å². The van der Waals surface area contributed by atoms with E-state index in [4.69, 9.17) is 4.74 Å². The number of fused-ring (bicyclic) bond motifs is 1. The molecular weight excluding hydrogens is 358 g/mol. The van der Waals surface area contributed by atoms with Gasteiger partial charge in [0.15, 0.2) is 0 Å². The van der Waals surface area contributed by atoms with E-state index in [0.717, 1.165) is 37.0 Å². The van der Waals surface area contributed by atoms with Crippen LogP contribution in [0.5, 0.6) is 5.75 Å². The van der Waals surface area contributed by atoms with Crippen LogP contribution >= 0.6 is 0 Å². The SMILES string of the molecule is Cn1ccc(C(=O)N2CCCCCc3ccccc3OC[C@@H](O)[C@@H](O)CC2)n1. The van der Waals surface area contributed by atoms with Crippen molar-refractivity contribution < 1.29 is 19.7 Å². The first-order chi connectivity index (χ1) is 13.5. The topological polar surface area (TPSA) is 87.8 Å². The van der Waals surface area contributed by atoms with Crippen LogP contribution in [0.4, 0.5) is 0 Å². The molecule has 1 aliphatic heterocycles. The predicted octanol–water partition coefficient (Wildman–Crippen LogP) is 1.78. The molecule has 0 spiro atoms. The first-order valence-corrected chi connectivity index (χ1v) is 9.90. The van der Waals surface area contributed by atoms with E-state index >= 15 is 0 Å². The molecule has 0 bridgehead atoms. The molecule has 1 aliphatic rings. The van der Waals surface area contributed by atoms with E-state index in [9.17, 15) is 15.0 Å². The zero-order chi connectivity index (χ0) is 19.9. The Morgan fingerprint density at radius 2 is 1.93 bits per heavy atom. The Balaban J connectivity index is 1.70. The Morgan fingerprint density at radius 3 is 2.71 bits per heavy atom. The number of amides is 1. The van der Waals surface area contributed by atoms with Crippen LogP contribution in [0.2, 0.25) is 0 Å². The molecule has 0 saturated carbocycles. The first kappa shape index (κ1) is 20.4. The van der Waals surface area contributed by atoms with Crippen molar-refractivity contribution in [3.63, 3.8) is 0 Å². The standard InChI is InChI=1S/C21H29N3O4/c1-23-13-10-17(22-23)21(27)24-12-6-2-3-7-16-8-4-5-9-20(16)28-15-19(26)18(25)11-14-24/h4-5,8-10,13,18-19,25-26H,2-3,6-7,11-12,14-15H2,1H3/t18-,19+/m0/s1. The number of aryl methyl sites for hydroxylation is 2. The van der Waals surface area contributed by atoms with Gasteiger partial charge in [-0.05, 0) is 43.4 Å². The van der Waals surface area contributed by atoms with Gasteiger partial charge in [0.2, 0.25) is 0 Å². The fourth-order valence-electron chi connectivity index (χ4n) is 3.42. The number of benzene rings is 1. The zero-order valence-corrected chi connectivity index (χ0v) is 16.3. The van der Waals surface area contributed by atoms with Crippen molar-refractivity contribution in [3.05, 3.63) is 47.8 Å². The fourth-order valence-corrected chi connectivity index (χ4v) is 3.42. The molecule has 0 unspecified atom stereocenters. The molecule has 7 nitrogen and oxygen atoms in total. The fraction of sp³-hybridized carbons (Fsp3) is 0.524. The molecule has 2 heterocycles. The van der Waals surface area contributed by atoms with Gasteiger partial charge in [-0.3, -0.25) is 9.48 Å². The van der Waals surface area contributed by atoms with Crippen molar-refractivity contribution in [2.24, 2.45) is 7.05 Å². The molecule has 1 aromatic carbocycles. The number of carbonyl (C=O) groups excluding carboxylic acids is 1. The Labute approximate surface area is 165 Å². The van der Waals surface area contributed by atoms with E-state index in [-0.39, 0.29) is 18.9 Å². The Bertz CT molecular complexity index is 777. The van der Waals surface area contributed by atoms with Gasteiger partial charge < -0.3 is 19.8 Å². The lowest BCUT2D eigenvalue weighted by Gasteiger charge is -2.26. The average Bonchev–Trinajstić information content (AvgIpc) is 3.14. The van der Waals surface area contributed by atoms with Gasteiger partial charge in [0.05, 0.1) is 6.10 Å². The number of rotatable bonds is 1. The molecule has 0 aliphatic carbocycles. The van der Waals surface area contributed by atoms with Crippen molar-refractivity contribution in [1.82, 2.24) is 14.7 Å². The van der Waals surface area contributed by atoms with Crippen LogP contribution in [0, 0.1) is 0 Å². The van der Waals surface area contributed by atoms with Gasteiger partial charge in [-0.1, -0.05) is 24.6 Å². The number of aromatic nitrogens is 2. The van der Waals surface area contributed by atoms with Crippen LogP contribution < -0.4 is 4.74 Å². The van der Waals surface area contributed by atoms with E-state index in [1.165, 1.54) is 0 Å². The molecule has 1 aromatic heterocycles. The van der Waals surface area contributed by atoms with E-state index in [1.54, 1.807) is 28.9 Å². The Hall–Kier alpha value is -2.38. The summed E-state index contributed by atoms with van der Waals surface area (Å²) in [6.45, 7) is 0.993. The summed E-state index contributed by atoms with van der Waals surface area (Å²) < 4.78 is 7.36. The number of ether oxygens (including phenoxy) is 1. The monoisotopic (exact) mass is 387 g/mol. The molecule has 0 fully saturated rings. The van der Waals surface area contributed by atoms with Gasteiger partial charge in [0.1, 0.15) is 24.2 Å². The molecule has 0 saturated heterocycles. The summed E-state index contributed by atoms with van der Waals surface area (Å²) in [7, 11) is 1.78. The maximum atomic E-state index is 12.8. The third kappa shape index (κ3) is 5.33. The molecule has 7 heteroatoms. The highest BCUT2D eigenvalue weighted by molar-refractivity contribution is 5.92. The lowest BCUT2D eigenvalue weighted by Crippen LogP contribution is -2.39. The predicted molar refractivity (Wildman–Crippen MR) is 105 cm³/mol. The van der Waals surface area contributed by atoms with E-state index < -0.39 is 12.2 Å². The van der Waals surface area contributed by atoms with Crippen molar-refractivity contribution in [2.45, 2.75) is 44.3 Å². The van der Waals surface area contributed by atoms with Crippen molar-refractivity contribution in [2.75, 3.05) is 19.7 Å². The van der Waals surface area contributed by atoms with Gasteiger partial charge in [-0.15, -0.1) is 0 Å². The maximum absolute atomic E-state index is 12.8. The minimum atomic E-state index is -1.01. The van der Waals surface area contributed by atoms with Gasteiger partial charge in [-0.2, -0.15) is 5.10 Å². The average molecular weight is 387 g/mol. The first-order valence-electron chi connectivity index (χ1n) is 9.90. The molecule has 28 heavy (non-hydrogen) atoms. The second-order valence-corrected chi connectivity index (χ2v) is 7.32. The summed E-state index contributed by atoms with van der Waals surface area (Å²) in [6.07, 6.45) is 3.79. The van der Waals surface area contributed by atoms with Crippen LogP contribution in [-0.2, 0) is 13.5 Å². The van der Waals surface area contributed by atoms with E-state index in [0.29, 0.717) is 18.8 Å². The summed E-state index contributed by atoms with van der Waals surface area (Å²) in [5.74, 6) is 0.619. The number of aliphatic hydroxyl groups excluding tert-OH is 2. The summed E-state index contributed by atoms with van der Waals surface area (Å²) in [5.41, 5.74) is 1.50. The largest absolute Gasteiger partial charge is 0.491 e. The second kappa shape index (κ2) is 9.71. The lowest BCUT2D eigenvalue weighted by atomic mass is 10.0. The summed E-state index contributed by atoms with van der Waals surface area (Å²) in [6, 6.07) is 9.51. The molecule has 1 amide bonds. The lowest BCUT2D eigenvalue weighted by molar-refractivity contribution is -0.0153. The molecular formula is C21H29N3O4. The quantitative estimate of drug-likeness (QED) is 0.779. The van der Waals surface area contributed by atoms with Gasteiger partial charge in [0, 0.05) is 26.3 Å². The highest BCUT2D eigenvalue weighted by atomic mass is 16.5. The number of carbonyl (C=O) groups is 1. The van der Waals surface area contributed by atoms with Gasteiger partial charge in [0.25, 0.3) is 5.91 Å². The van der Waals surface area contributed by atoms with E-state index in [2.05, 4.69) is 5.10 Å². The van der Waals surface area contributed by atoms with Crippen molar-refractivity contribution in [1.29, 1.82) is 0 Å². The number of aliphatic hydroxyl groups is 2. The summed E-state index contributed by atoms with van der Waals surface area (Å²) in [5, 5.41) is 24.8. The molecule has 2 atom stereocenters. The molecule has 3 rings (SSSR count). The molecule has 0 radical (unpaired) electrons. The minimum absolute atomic E-state index is 0.0202. The number of hydrogen-bond donors (Lipinski definition) is 2. The number of nitrogens with zero attached hydrogens (tertiary/aromatic N) is 3. The third-order valence-corrected chi connectivity index (χ3v) is 5.12.